The molecule has 0 saturated carbocycles. The van der Waals surface area contributed by atoms with Crippen molar-refractivity contribution in [1.82, 2.24) is 0 Å². The van der Waals surface area contributed by atoms with E-state index in [9.17, 15) is 0 Å². The molecule has 0 saturated heterocycles. The Kier molecular flexibility index (Phi) is 6.36. The normalized spacial score (nSPS) is 6.44. The molecule has 1 heteroatoms. The molecule has 0 heterocycles. The van der Waals surface area contributed by atoms with Gasteiger partial charge in [-0.2, -0.15) is 0 Å². The van der Waals surface area contributed by atoms with E-state index in [0.717, 1.165) is 6.42 Å². The number of hydrogen-bond acceptors (Lipinski definition) is 1. The molecular weight excluding hydrogens is 112 g/mol. The molecular formula is C8H10O. The predicted molar refractivity (Wildman–Crippen MR) is 37.7 cm³/mol. The highest BCUT2D eigenvalue weighted by Gasteiger charge is 1.63. The molecule has 0 aromatic heterocycles. The molecule has 0 fully saturated rings. The second-order valence-electron chi connectivity index (χ2n) is 1.39. The van der Waals surface area contributed by atoms with Gasteiger partial charge in [-0.25, -0.2) is 0 Å². The number of rotatable bonds is 1. The molecule has 1 nitrogen and oxygen atoms in total. The first-order chi connectivity index (χ1) is 4.41. The van der Waals surface area contributed by atoms with E-state index < -0.39 is 0 Å². The van der Waals surface area contributed by atoms with Crippen LogP contribution in [0.3, 0.4) is 0 Å². The van der Waals surface area contributed by atoms with E-state index in [2.05, 4.69) is 28.4 Å². The fourth-order valence-corrected chi connectivity index (χ4v) is 0.285. The first-order valence-corrected chi connectivity index (χ1v) is 2.86. The highest BCUT2D eigenvalue weighted by atomic mass is 16.5. The molecule has 0 radical (unpaired) electrons. The summed E-state index contributed by atoms with van der Waals surface area (Å²) < 4.78 is 4.68. The summed E-state index contributed by atoms with van der Waals surface area (Å²) in [6.07, 6.45) is 0.863. The first-order valence-electron chi connectivity index (χ1n) is 2.86. The average molecular weight is 122 g/mol. The van der Waals surface area contributed by atoms with Crippen molar-refractivity contribution in [3.63, 3.8) is 0 Å². The Labute approximate surface area is 56.4 Å². The summed E-state index contributed by atoms with van der Waals surface area (Å²) >= 11 is 0. The number of methoxy groups -OCH3 is 1. The van der Waals surface area contributed by atoms with Gasteiger partial charge < -0.3 is 4.74 Å². The molecule has 9 heavy (non-hydrogen) atoms. The lowest BCUT2D eigenvalue weighted by atomic mass is 10.4. The van der Waals surface area contributed by atoms with Crippen molar-refractivity contribution < 1.29 is 4.74 Å². The van der Waals surface area contributed by atoms with Gasteiger partial charge in [0.05, 0.1) is 0 Å². The van der Waals surface area contributed by atoms with Crippen LogP contribution in [0.2, 0.25) is 0 Å². The van der Waals surface area contributed by atoms with Crippen molar-refractivity contribution in [1.29, 1.82) is 0 Å². The minimum Gasteiger partial charge on any atom is -0.372 e. The summed E-state index contributed by atoms with van der Waals surface area (Å²) in [5.41, 5.74) is 0. The van der Waals surface area contributed by atoms with E-state index in [-0.39, 0.29) is 0 Å². The lowest BCUT2D eigenvalue weighted by Gasteiger charge is -1.78. The van der Waals surface area contributed by atoms with Gasteiger partial charge in [0.15, 0.2) is 0 Å². The van der Waals surface area contributed by atoms with E-state index in [1.165, 1.54) is 0 Å². The van der Waals surface area contributed by atoms with Crippen LogP contribution in [0.25, 0.3) is 0 Å². The lowest BCUT2D eigenvalue weighted by Crippen LogP contribution is -1.79. The van der Waals surface area contributed by atoms with E-state index in [4.69, 9.17) is 0 Å². The Balaban J connectivity index is 3.36. The maximum Gasteiger partial charge on any atom is 0.108 e. The Morgan fingerprint density at radius 2 is 1.89 bits per heavy atom. The average Bonchev–Trinajstić information content (AvgIpc) is 1.89. The third-order valence-corrected chi connectivity index (χ3v) is 0.633. The first kappa shape index (κ1) is 8.08. The van der Waals surface area contributed by atoms with E-state index >= 15 is 0 Å². The summed E-state index contributed by atoms with van der Waals surface area (Å²) in [5.74, 6) is 10.9. The number of hydrogen-bond donors (Lipinski definition) is 0. The quantitative estimate of drug-likeness (QED) is 0.472. The summed E-state index contributed by atoms with van der Waals surface area (Å²) in [5, 5.41) is 0. The van der Waals surface area contributed by atoms with Crippen LogP contribution in [0, 0.1) is 23.7 Å². The Morgan fingerprint density at radius 3 is 2.44 bits per heavy atom. The van der Waals surface area contributed by atoms with Crippen molar-refractivity contribution in [3.8, 4) is 23.7 Å². The third kappa shape index (κ3) is 7.08. The van der Waals surface area contributed by atoms with Crippen molar-refractivity contribution >= 4 is 0 Å². The van der Waals surface area contributed by atoms with Gasteiger partial charge in [-0.15, -0.1) is 0 Å². The summed E-state index contributed by atoms with van der Waals surface area (Å²) in [7, 11) is 1.61. The van der Waals surface area contributed by atoms with Gasteiger partial charge in [0, 0.05) is 13.5 Å². The van der Waals surface area contributed by atoms with Crippen LogP contribution in [-0.2, 0) is 4.74 Å². The van der Waals surface area contributed by atoms with Crippen molar-refractivity contribution in [2.75, 3.05) is 13.7 Å². The molecule has 48 valence electrons. The molecule has 0 bridgehead atoms. The van der Waals surface area contributed by atoms with E-state index in [1.807, 2.05) is 6.92 Å². The molecule has 0 N–H and O–H groups in total. The van der Waals surface area contributed by atoms with Gasteiger partial charge in [0.2, 0.25) is 0 Å². The van der Waals surface area contributed by atoms with Gasteiger partial charge in [0.25, 0.3) is 0 Å². The minimum atomic E-state index is 0.471. The predicted octanol–water partition coefficient (Wildman–Crippen LogP) is 1.05. The summed E-state index contributed by atoms with van der Waals surface area (Å²) in [6, 6.07) is 0. The van der Waals surface area contributed by atoms with Crippen LogP contribution >= 0.6 is 0 Å². The third-order valence-electron chi connectivity index (χ3n) is 0.633. The Hall–Kier alpha value is -0.920. The minimum absolute atomic E-state index is 0.471. The van der Waals surface area contributed by atoms with Crippen molar-refractivity contribution in [3.05, 3.63) is 0 Å². The SMILES string of the molecule is CCC#CC#CCOC. The van der Waals surface area contributed by atoms with Crippen LogP contribution in [0.15, 0.2) is 0 Å². The molecule has 0 amide bonds. The highest BCUT2D eigenvalue weighted by molar-refractivity contribution is 5.25. The maximum absolute atomic E-state index is 4.68. The van der Waals surface area contributed by atoms with Crippen LogP contribution in [0.4, 0.5) is 0 Å². The van der Waals surface area contributed by atoms with Gasteiger partial charge in [-0.3, -0.25) is 0 Å². The van der Waals surface area contributed by atoms with Gasteiger partial charge in [0.1, 0.15) is 6.61 Å². The lowest BCUT2D eigenvalue weighted by molar-refractivity contribution is 0.240. The molecule has 0 aromatic carbocycles. The van der Waals surface area contributed by atoms with Crippen molar-refractivity contribution in [2.45, 2.75) is 13.3 Å². The summed E-state index contributed by atoms with van der Waals surface area (Å²) in [4.78, 5) is 0. The largest absolute Gasteiger partial charge is 0.372 e. The Bertz CT molecular complexity index is 160. The van der Waals surface area contributed by atoms with Gasteiger partial charge in [-0.1, -0.05) is 18.8 Å². The molecule has 0 unspecified atom stereocenters. The molecule has 0 aliphatic carbocycles. The second-order valence-corrected chi connectivity index (χ2v) is 1.39. The molecule has 0 aliphatic heterocycles. The van der Waals surface area contributed by atoms with Crippen LogP contribution in [-0.4, -0.2) is 13.7 Å². The van der Waals surface area contributed by atoms with Crippen LogP contribution in [0.1, 0.15) is 13.3 Å². The molecule has 0 spiro atoms. The monoisotopic (exact) mass is 122 g/mol. The van der Waals surface area contributed by atoms with E-state index in [1.54, 1.807) is 7.11 Å². The zero-order valence-corrected chi connectivity index (χ0v) is 5.82. The highest BCUT2D eigenvalue weighted by Crippen LogP contribution is 1.65. The topological polar surface area (TPSA) is 9.23 Å². The standard InChI is InChI=1S/C8H10O/c1-3-4-5-6-7-8-9-2/h3,8H2,1-2H3. The van der Waals surface area contributed by atoms with Crippen LogP contribution < -0.4 is 0 Å². The number of ether oxygens (including phenoxy) is 1. The maximum atomic E-state index is 4.68. The summed E-state index contributed by atoms with van der Waals surface area (Å²) in [6.45, 7) is 2.46. The van der Waals surface area contributed by atoms with Crippen molar-refractivity contribution in [2.24, 2.45) is 0 Å². The fraction of sp³-hybridized carbons (Fsp3) is 0.500. The molecule has 0 atom stereocenters. The van der Waals surface area contributed by atoms with Crippen LogP contribution in [0.5, 0.6) is 0 Å². The molecule has 0 aromatic rings. The Morgan fingerprint density at radius 1 is 1.22 bits per heavy atom. The molecule has 0 aliphatic rings. The van der Waals surface area contributed by atoms with E-state index in [0.29, 0.717) is 6.61 Å². The van der Waals surface area contributed by atoms with Gasteiger partial charge in [-0.05, 0) is 11.8 Å². The zero-order chi connectivity index (χ0) is 6.95. The molecule has 0 rings (SSSR count). The van der Waals surface area contributed by atoms with Gasteiger partial charge >= 0.3 is 0 Å². The smallest absolute Gasteiger partial charge is 0.108 e. The second kappa shape index (κ2) is 7.08. The zero-order valence-electron chi connectivity index (χ0n) is 5.82. The fourth-order valence-electron chi connectivity index (χ4n) is 0.285.